The van der Waals surface area contributed by atoms with Gasteiger partial charge in [0.1, 0.15) is 17.5 Å². The van der Waals surface area contributed by atoms with Crippen LogP contribution in [0.2, 0.25) is 0 Å². The molecule has 9 heteroatoms. The van der Waals surface area contributed by atoms with Gasteiger partial charge >= 0.3 is 5.97 Å². The Kier molecular flexibility index (Phi) is 8.07. The molecule has 0 aliphatic carbocycles. The van der Waals surface area contributed by atoms with E-state index in [0.29, 0.717) is 41.1 Å². The van der Waals surface area contributed by atoms with Gasteiger partial charge in [-0.25, -0.2) is 9.78 Å². The van der Waals surface area contributed by atoms with Crippen LogP contribution in [0.5, 0.6) is 0 Å². The summed E-state index contributed by atoms with van der Waals surface area (Å²) in [5.74, 6) is 4.99. The van der Waals surface area contributed by atoms with Crippen LogP contribution in [-0.2, 0) is 17.8 Å². The zero-order valence-corrected chi connectivity index (χ0v) is 22.7. The summed E-state index contributed by atoms with van der Waals surface area (Å²) >= 11 is 0. The molecule has 1 aromatic carbocycles. The molecule has 0 aliphatic heterocycles. The maximum atomic E-state index is 12.9. The highest BCUT2D eigenvalue weighted by Crippen LogP contribution is 2.34. The molecule has 3 aromatic heterocycles. The summed E-state index contributed by atoms with van der Waals surface area (Å²) in [4.78, 5) is 30.5. The standard InChI is InChI=1S/C30H32N4O5/c1-19(2)17-34-26(29(36)38-5)25(33-28(35)22-11-13-39-18-22)24-14-23(16-32-27(24)34)31-15-21-8-6-20(7-9-21)10-12-30(3,4)37/h6-9,11,13-14,16,18-19,31,37H,15,17H2,1-5H3,(H,33,35). The first-order valence-corrected chi connectivity index (χ1v) is 12.6. The summed E-state index contributed by atoms with van der Waals surface area (Å²) < 4.78 is 11.9. The van der Waals surface area contributed by atoms with Gasteiger partial charge in [0.15, 0.2) is 5.69 Å². The van der Waals surface area contributed by atoms with E-state index >= 15 is 0 Å². The molecule has 0 fully saturated rings. The van der Waals surface area contributed by atoms with Crippen LogP contribution in [0.4, 0.5) is 11.4 Å². The van der Waals surface area contributed by atoms with Crippen molar-refractivity contribution in [2.24, 2.45) is 5.92 Å². The van der Waals surface area contributed by atoms with E-state index in [1.54, 1.807) is 30.7 Å². The average molecular weight is 529 g/mol. The number of aromatic nitrogens is 2. The van der Waals surface area contributed by atoms with Crippen molar-refractivity contribution in [1.82, 2.24) is 9.55 Å². The van der Waals surface area contributed by atoms with E-state index in [1.807, 2.05) is 44.2 Å². The molecule has 3 heterocycles. The van der Waals surface area contributed by atoms with Gasteiger partial charge in [0.2, 0.25) is 0 Å². The van der Waals surface area contributed by atoms with Crippen LogP contribution in [0, 0.1) is 17.8 Å². The van der Waals surface area contributed by atoms with Crippen molar-refractivity contribution >= 4 is 34.3 Å². The largest absolute Gasteiger partial charge is 0.472 e. The van der Waals surface area contributed by atoms with Gasteiger partial charge in [-0.3, -0.25) is 4.79 Å². The van der Waals surface area contributed by atoms with Gasteiger partial charge in [0.25, 0.3) is 5.91 Å². The molecule has 0 saturated heterocycles. The Hall–Kier alpha value is -4.55. The van der Waals surface area contributed by atoms with Crippen molar-refractivity contribution in [3.05, 3.63) is 77.5 Å². The summed E-state index contributed by atoms with van der Waals surface area (Å²) in [6.07, 6.45) is 4.45. The number of hydrogen-bond donors (Lipinski definition) is 3. The number of pyridine rings is 1. The highest BCUT2D eigenvalue weighted by Gasteiger charge is 2.27. The molecule has 0 spiro atoms. The number of methoxy groups -OCH3 is 1. The number of anilines is 2. The number of esters is 1. The second kappa shape index (κ2) is 11.5. The number of fused-ring (bicyclic) bond motifs is 1. The summed E-state index contributed by atoms with van der Waals surface area (Å²) in [6, 6.07) is 11.1. The Bertz CT molecular complexity index is 1530. The van der Waals surface area contributed by atoms with E-state index in [1.165, 1.54) is 19.6 Å². The number of nitrogens with zero attached hydrogens (tertiary/aromatic N) is 2. The maximum Gasteiger partial charge on any atom is 0.356 e. The molecule has 39 heavy (non-hydrogen) atoms. The minimum atomic E-state index is -1.05. The molecule has 3 N–H and O–H groups in total. The van der Waals surface area contributed by atoms with Gasteiger partial charge in [-0.05, 0) is 49.6 Å². The van der Waals surface area contributed by atoms with Gasteiger partial charge < -0.3 is 29.5 Å². The lowest BCUT2D eigenvalue weighted by molar-refractivity contribution is 0.0589. The van der Waals surface area contributed by atoms with Gasteiger partial charge in [-0.1, -0.05) is 37.8 Å². The van der Waals surface area contributed by atoms with Crippen molar-refractivity contribution < 1.29 is 23.8 Å². The smallest absolute Gasteiger partial charge is 0.356 e. The number of carbonyl (C=O) groups excluding carboxylic acids is 2. The number of aliphatic hydroxyl groups is 1. The predicted molar refractivity (Wildman–Crippen MR) is 150 cm³/mol. The molecule has 202 valence electrons. The average Bonchev–Trinajstić information content (AvgIpc) is 3.53. The summed E-state index contributed by atoms with van der Waals surface area (Å²) in [5.41, 5.74) is 2.93. The monoisotopic (exact) mass is 528 g/mol. The van der Waals surface area contributed by atoms with Crippen LogP contribution >= 0.6 is 0 Å². The molecule has 1 amide bonds. The summed E-state index contributed by atoms with van der Waals surface area (Å²) in [7, 11) is 1.31. The van der Waals surface area contributed by atoms with Crippen LogP contribution in [0.3, 0.4) is 0 Å². The molecule has 9 nitrogen and oxygen atoms in total. The summed E-state index contributed by atoms with van der Waals surface area (Å²) in [6.45, 7) is 8.37. The molecule has 0 aliphatic rings. The van der Waals surface area contributed by atoms with E-state index < -0.39 is 17.5 Å². The van der Waals surface area contributed by atoms with Crippen LogP contribution in [-0.4, -0.2) is 39.2 Å². The third-order valence-electron chi connectivity index (χ3n) is 5.81. The molecule has 4 rings (SSSR count). The molecule has 0 radical (unpaired) electrons. The Balaban J connectivity index is 1.67. The molecule has 0 atom stereocenters. The Morgan fingerprint density at radius 1 is 1.21 bits per heavy atom. The van der Waals surface area contributed by atoms with Gasteiger partial charge in [0.05, 0.1) is 36.5 Å². The number of carbonyl (C=O) groups is 2. The number of nitrogens with one attached hydrogen (secondary N) is 2. The zero-order valence-electron chi connectivity index (χ0n) is 22.7. The molecule has 0 saturated carbocycles. The van der Waals surface area contributed by atoms with Gasteiger partial charge in [-0.2, -0.15) is 0 Å². The fourth-order valence-electron chi connectivity index (χ4n) is 4.01. The lowest BCUT2D eigenvalue weighted by Crippen LogP contribution is -2.18. The second-order valence-corrected chi connectivity index (χ2v) is 10.1. The summed E-state index contributed by atoms with van der Waals surface area (Å²) in [5, 5.41) is 16.6. The fourth-order valence-corrected chi connectivity index (χ4v) is 4.01. The number of hydrogen-bond acceptors (Lipinski definition) is 7. The topological polar surface area (TPSA) is 119 Å². The number of furan rings is 1. The molecular weight excluding hydrogens is 496 g/mol. The Morgan fingerprint density at radius 3 is 2.56 bits per heavy atom. The van der Waals surface area contributed by atoms with Crippen molar-refractivity contribution in [1.29, 1.82) is 0 Å². The third kappa shape index (κ3) is 6.67. The van der Waals surface area contributed by atoms with E-state index in [9.17, 15) is 14.7 Å². The second-order valence-electron chi connectivity index (χ2n) is 10.1. The molecule has 4 aromatic rings. The highest BCUT2D eigenvalue weighted by molar-refractivity contribution is 6.14. The van der Waals surface area contributed by atoms with Crippen molar-refractivity contribution in [2.45, 2.75) is 46.4 Å². The SMILES string of the molecule is COC(=O)c1c(NC(=O)c2ccoc2)c2cc(NCc3ccc(C#CC(C)(C)O)cc3)cnc2n1CC(C)C. The predicted octanol–water partition coefficient (Wildman–Crippen LogP) is 5.06. The fraction of sp³-hybridized carbons (Fsp3) is 0.300. The van der Waals surface area contributed by atoms with Crippen molar-refractivity contribution in [3.8, 4) is 11.8 Å². The van der Waals surface area contributed by atoms with Crippen molar-refractivity contribution in [3.63, 3.8) is 0 Å². The Morgan fingerprint density at radius 2 is 1.95 bits per heavy atom. The van der Waals surface area contributed by atoms with E-state index in [-0.39, 0.29) is 11.6 Å². The number of ether oxygens (including phenoxy) is 1. The van der Waals surface area contributed by atoms with Gasteiger partial charge in [-0.15, -0.1) is 0 Å². The Labute approximate surface area is 227 Å². The minimum absolute atomic E-state index is 0.206. The van der Waals surface area contributed by atoms with E-state index in [2.05, 4.69) is 27.5 Å². The lowest BCUT2D eigenvalue weighted by atomic mass is 10.1. The zero-order chi connectivity index (χ0) is 28.2. The first kappa shape index (κ1) is 27.5. The highest BCUT2D eigenvalue weighted by atomic mass is 16.5. The number of benzene rings is 1. The van der Waals surface area contributed by atoms with Crippen LogP contribution in [0.15, 0.2) is 59.5 Å². The first-order valence-electron chi connectivity index (χ1n) is 12.6. The van der Waals surface area contributed by atoms with E-state index in [0.717, 1.165) is 11.1 Å². The van der Waals surface area contributed by atoms with Crippen LogP contribution in [0.1, 0.15) is 59.7 Å². The molecular formula is C30H32N4O5. The first-order chi connectivity index (χ1) is 18.6. The molecule has 0 bridgehead atoms. The van der Waals surface area contributed by atoms with Gasteiger partial charge in [0, 0.05) is 24.0 Å². The normalized spacial score (nSPS) is 11.3. The number of rotatable bonds is 8. The van der Waals surface area contributed by atoms with Crippen LogP contribution in [0.25, 0.3) is 11.0 Å². The van der Waals surface area contributed by atoms with Crippen molar-refractivity contribution in [2.75, 3.05) is 17.7 Å². The third-order valence-corrected chi connectivity index (χ3v) is 5.81. The van der Waals surface area contributed by atoms with Crippen LogP contribution < -0.4 is 10.6 Å². The van der Waals surface area contributed by atoms with E-state index in [4.69, 9.17) is 9.15 Å². The minimum Gasteiger partial charge on any atom is -0.472 e. The quantitative estimate of drug-likeness (QED) is 0.216. The maximum absolute atomic E-state index is 12.9. The number of amides is 1. The molecule has 0 unspecified atom stereocenters. The lowest BCUT2D eigenvalue weighted by Gasteiger charge is -2.12.